The smallest absolute Gasteiger partial charge is 0.308 e. The quantitative estimate of drug-likeness (QED) is 0.0794. The monoisotopic (exact) mass is 822 g/mol. The molecule has 1 N–H and O–H groups in total. The van der Waals surface area contributed by atoms with E-state index in [1.54, 1.807) is 0 Å². The summed E-state index contributed by atoms with van der Waals surface area (Å²) in [5.41, 5.74) is 1.24. The summed E-state index contributed by atoms with van der Waals surface area (Å²) in [6.45, 7) is 43.6. The van der Waals surface area contributed by atoms with E-state index < -0.39 is 25.0 Å². The van der Waals surface area contributed by atoms with Gasteiger partial charge in [-0.2, -0.15) is 0 Å². The van der Waals surface area contributed by atoms with Crippen LogP contribution in [-0.4, -0.2) is 67.8 Å². The molecule has 2 aliphatic rings. The first kappa shape index (κ1) is 50.1. The van der Waals surface area contributed by atoms with Gasteiger partial charge in [0.15, 0.2) is 25.0 Å². The number of hydrogen-bond donors (Lipinski definition) is 1. The summed E-state index contributed by atoms with van der Waals surface area (Å²) in [5, 5.41) is 3.29. The topological polar surface area (TPSA) is 83.1 Å². The first-order valence-corrected chi connectivity index (χ1v) is 30.6. The maximum absolute atomic E-state index is 13.5. The zero-order valence-electron chi connectivity index (χ0n) is 39.2. The third-order valence-corrected chi connectivity index (χ3v) is 27.6. The predicted octanol–water partition coefficient (Wildman–Crippen LogP) is 12.4. The minimum Gasteiger partial charge on any atom is -0.461 e. The van der Waals surface area contributed by atoms with E-state index in [0.717, 1.165) is 32.1 Å². The lowest BCUT2D eigenvalue weighted by Crippen LogP contribution is -2.49. The van der Waals surface area contributed by atoms with Crippen LogP contribution in [0.25, 0.3) is 0 Å². The molecule has 0 spiro atoms. The van der Waals surface area contributed by atoms with E-state index in [-0.39, 0.29) is 69.2 Å². The number of ether oxygens (including phenoxy) is 1. The molecule has 7 nitrogen and oxygen atoms in total. The van der Waals surface area contributed by atoms with Crippen molar-refractivity contribution >= 4 is 36.8 Å². The van der Waals surface area contributed by atoms with Gasteiger partial charge in [0.2, 0.25) is 5.91 Å². The molecule has 0 aromatic rings. The van der Waals surface area contributed by atoms with Gasteiger partial charge in [-0.1, -0.05) is 115 Å². The maximum atomic E-state index is 13.5. The Morgan fingerprint density at radius 3 is 1.91 bits per heavy atom. The highest BCUT2D eigenvalue weighted by Gasteiger charge is 2.47. The van der Waals surface area contributed by atoms with Gasteiger partial charge >= 0.3 is 5.97 Å². The first-order chi connectivity index (χ1) is 25.0. The van der Waals surface area contributed by atoms with E-state index in [4.69, 9.17) is 18.0 Å². The van der Waals surface area contributed by atoms with E-state index in [2.05, 4.69) is 146 Å². The number of unbranched alkanes of at least 4 members (excludes halogenated alkanes) is 1. The van der Waals surface area contributed by atoms with E-state index in [9.17, 15) is 9.59 Å². The molecule has 10 heteroatoms. The van der Waals surface area contributed by atoms with Gasteiger partial charge in [-0.25, -0.2) is 0 Å². The highest BCUT2D eigenvalue weighted by atomic mass is 28.4. The van der Waals surface area contributed by atoms with Crippen LogP contribution in [0.5, 0.6) is 0 Å². The van der Waals surface area contributed by atoms with Crippen LogP contribution in [-0.2, 0) is 27.6 Å². The molecule has 2 rings (SSSR count). The highest BCUT2D eigenvalue weighted by molar-refractivity contribution is 6.75. The fourth-order valence-electron chi connectivity index (χ4n) is 6.98. The van der Waals surface area contributed by atoms with Crippen LogP contribution >= 0.6 is 0 Å². The van der Waals surface area contributed by atoms with Gasteiger partial charge in [0, 0.05) is 25.0 Å². The van der Waals surface area contributed by atoms with Crippen LogP contribution in [0.2, 0.25) is 54.4 Å². The maximum Gasteiger partial charge on any atom is 0.308 e. The Morgan fingerprint density at radius 1 is 0.855 bits per heavy atom. The van der Waals surface area contributed by atoms with Gasteiger partial charge in [-0.3, -0.25) is 9.59 Å². The van der Waals surface area contributed by atoms with Gasteiger partial charge in [-0.05, 0) is 104 Å². The Bertz CT molecular complexity index is 1300. The van der Waals surface area contributed by atoms with Crippen molar-refractivity contribution in [3.8, 4) is 0 Å². The minimum atomic E-state index is -2.20. The number of nitrogens with one attached hydrogen (secondary N) is 1. The molecule has 8 atom stereocenters. The van der Waals surface area contributed by atoms with Crippen molar-refractivity contribution in [2.45, 2.75) is 220 Å². The summed E-state index contributed by atoms with van der Waals surface area (Å²) in [6.07, 6.45) is 12.6. The highest BCUT2D eigenvalue weighted by Crippen LogP contribution is 2.47. The number of amides is 1. The van der Waals surface area contributed by atoms with E-state index in [1.165, 1.54) is 5.57 Å². The van der Waals surface area contributed by atoms with Gasteiger partial charge in [0.05, 0.1) is 24.5 Å². The number of allylic oxidation sites excluding steroid dienone is 2. The number of esters is 1. The summed E-state index contributed by atoms with van der Waals surface area (Å²) < 4.78 is 27.9. The lowest BCUT2D eigenvalue weighted by molar-refractivity contribution is -0.159. The van der Waals surface area contributed by atoms with Crippen molar-refractivity contribution in [3.63, 3.8) is 0 Å². The van der Waals surface area contributed by atoms with Crippen molar-refractivity contribution in [1.29, 1.82) is 0 Å². The summed E-state index contributed by atoms with van der Waals surface area (Å²) in [6, 6.07) is 0. The molecule has 0 unspecified atom stereocenters. The molecule has 1 amide bonds. The van der Waals surface area contributed by atoms with Crippen molar-refractivity contribution in [1.82, 2.24) is 5.32 Å². The number of rotatable bonds is 19. The largest absolute Gasteiger partial charge is 0.461 e. The summed E-state index contributed by atoms with van der Waals surface area (Å²) >= 11 is 0. The Balaban J connectivity index is 2.56. The SMILES string of the molecule is CCCCNC(=O)C[C@@H](C[C@@H](CC[C@@H]1[C@@H]2C(=C[C@H](O[Si](C)(C)C(C)(C)C)C[C@@H]2OC(=O)[C@@H](C)CC)C=C[C@@H]1C)O[Si](C)(C)C(C)(C)C)O[Si](C)(C)C(C)(C)C. The number of fused-ring (bicyclic) bond motifs is 1. The summed E-state index contributed by atoms with van der Waals surface area (Å²) in [5.74, 6) is 0.465. The molecule has 2 aliphatic carbocycles. The van der Waals surface area contributed by atoms with E-state index in [1.807, 2.05) is 6.92 Å². The molecule has 0 aromatic heterocycles. The van der Waals surface area contributed by atoms with Gasteiger partial charge in [-0.15, -0.1) is 0 Å². The van der Waals surface area contributed by atoms with Crippen molar-refractivity contribution in [2.75, 3.05) is 6.54 Å². The molecule has 0 saturated carbocycles. The van der Waals surface area contributed by atoms with Crippen LogP contribution < -0.4 is 5.32 Å². The number of carbonyl (C=O) groups is 2. The molecule has 0 bridgehead atoms. The van der Waals surface area contributed by atoms with Crippen LogP contribution in [0.15, 0.2) is 23.8 Å². The molecule has 0 radical (unpaired) electrons. The summed E-state index contributed by atoms with van der Waals surface area (Å²) in [7, 11) is -6.45. The summed E-state index contributed by atoms with van der Waals surface area (Å²) in [4.78, 5) is 26.9. The Hall–Kier alpha value is -1.05. The third-order valence-electron chi connectivity index (χ3n) is 14.0. The first-order valence-electron chi connectivity index (χ1n) is 21.9. The third kappa shape index (κ3) is 14.3. The fraction of sp³-hybridized carbons (Fsp3) is 0.867. The Morgan fingerprint density at radius 2 is 1.40 bits per heavy atom. The van der Waals surface area contributed by atoms with Crippen molar-refractivity contribution in [3.05, 3.63) is 23.8 Å². The van der Waals surface area contributed by atoms with Crippen LogP contribution in [0, 0.1) is 23.7 Å². The molecule has 55 heavy (non-hydrogen) atoms. The zero-order chi connectivity index (χ0) is 42.4. The molecular weight excluding hydrogens is 735 g/mol. The minimum absolute atomic E-state index is 0.0151. The molecule has 0 fully saturated rings. The Kier molecular flexibility index (Phi) is 18.0. The van der Waals surface area contributed by atoms with Crippen LogP contribution in [0.3, 0.4) is 0 Å². The second-order valence-electron chi connectivity index (χ2n) is 21.7. The van der Waals surface area contributed by atoms with Gasteiger partial charge < -0.3 is 23.3 Å². The van der Waals surface area contributed by atoms with Gasteiger partial charge in [0.25, 0.3) is 0 Å². The predicted molar refractivity (Wildman–Crippen MR) is 240 cm³/mol. The number of carbonyl (C=O) groups excluding carboxylic acids is 2. The Labute approximate surface area is 342 Å². The second kappa shape index (κ2) is 19.8. The lowest BCUT2D eigenvalue weighted by atomic mass is 9.66. The van der Waals surface area contributed by atoms with E-state index >= 15 is 0 Å². The molecule has 0 heterocycles. The van der Waals surface area contributed by atoms with Crippen molar-refractivity contribution < 1.29 is 27.6 Å². The average molecular weight is 822 g/mol. The lowest BCUT2D eigenvalue weighted by Gasteiger charge is -2.46. The second-order valence-corrected chi connectivity index (χ2v) is 36.0. The molecule has 0 saturated heterocycles. The molecule has 0 aliphatic heterocycles. The zero-order valence-corrected chi connectivity index (χ0v) is 42.2. The standard InChI is InChI=1S/C45H87NO6Si3/c1-20-22-27-46-40(47)31-37(52-55(18,19)45(11,12)13)29-35(50-53(14,15)43(5,6)7)25-26-38-33(4)23-24-34-28-36(51-54(16,17)44(8,9)10)30-39(41(34)38)49-42(48)32(3)21-2/h23-24,28,32-33,35-39,41H,20-22,25-27,29-31H2,1-19H3,(H,46,47)/t32-,33-,35+,36-,37+,38-,39-,41-/m0/s1. The van der Waals surface area contributed by atoms with Crippen molar-refractivity contribution in [2.24, 2.45) is 23.7 Å². The molecule has 320 valence electrons. The number of hydrogen-bond acceptors (Lipinski definition) is 6. The van der Waals surface area contributed by atoms with Crippen LogP contribution in [0.1, 0.15) is 141 Å². The van der Waals surface area contributed by atoms with E-state index in [0.29, 0.717) is 31.7 Å². The fourth-order valence-corrected chi connectivity index (χ4v) is 11.0. The van der Waals surface area contributed by atoms with Gasteiger partial charge in [0.1, 0.15) is 6.10 Å². The molecular formula is C45H87NO6Si3. The van der Waals surface area contributed by atoms with Crippen LogP contribution in [0.4, 0.5) is 0 Å². The average Bonchev–Trinajstić information content (AvgIpc) is 3.01. The normalized spacial score (nSPS) is 24.4. The molecule has 0 aromatic carbocycles.